The van der Waals surface area contributed by atoms with Gasteiger partial charge in [-0.05, 0) is 71.4 Å². The number of benzene rings is 8. The summed E-state index contributed by atoms with van der Waals surface area (Å²) in [5, 5.41) is 6.44. The Bertz CT molecular complexity index is 3150. The van der Waals surface area contributed by atoms with E-state index in [-0.39, 0.29) is 0 Å². The van der Waals surface area contributed by atoms with Crippen molar-refractivity contribution in [2.75, 3.05) is 4.90 Å². The van der Waals surface area contributed by atoms with Crippen LogP contribution in [0.5, 0.6) is 0 Å². The molecule has 0 saturated carbocycles. The van der Waals surface area contributed by atoms with Gasteiger partial charge in [0, 0.05) is 50.0 Å². The maximum absolute atomic E-state index is 6.92. The Morgan fingerprint density at radius 1 is 0.364 bits per heavy atom. The Morgan fingerprint density at radius 2 is 0.964 bits per heavy atom. The summed E-state index contributed by atoms with van der Waals surface area (Å²) in [5.41, 5.74) is 10.7. The van der Waals surface area contributed by atoms with Crippen LogP contribution >= 0.6 is 0 Å². The highest BCUT2D eigenvalue weighted by molar-refractivity contribution is 6.15. The first-order valence-electron chi connectivity index (χ1n) is 18.4. The SMILES string of the molecule is c1ccc(-c2cc(-c3ccccc3)nc(-c3cc(N(c4ccccc4)c4ccc5c(c4)oc4ccccc45)c4oc5cc6ccccc6cc5c4c3)n2)cc1. The molecule has 0 aliphatic rings. The van der Waals surface area contributed by atoms with Crippen LogP contribution in [0.25, 0.3) is 88.6 Å². The van der Waals surface area contributed by atoms with Crippen LogP contribution in [-0.2, 0) is 0 Å². The maximum atomic E-state index is 6.92. The zero-order valence-electron chi connectivity index (χ0n) is 29.6. The van der Waals surface area contributed by atoms with E-state index in [9.17, 15) is 0 Å². The van der Waals surface area contributed by atoms with Crippen LogP contribution in [0.4, 0.5) is 17.1 Å². The van der Waals surface area contributed by atoms with Crippen molar-refractivity contribution in [2.45, 2.75) is 0 Å². The second kappa shape index (κ2) is 12.6. The molecular weight excluding hydrogens is 675 g/mol. The molecule has 55 heavy (non-hydrogen) atoms. The van der Waals surface area contributed by atoms with Crippen molar-refractivity contribution >= 4 is 71.7 Å². The Morgan fingerprint density at radius 3 is 1.69 bits per heavy atom. The largest absolute Gasteiger partial charge is 0.456 e. The van der Waals surface area contributed by atoms with E-state index in [1.807, 2.05) is 60.7 Å². The van der Waals surface area contributed by atoms with Crippen molar-refractivity contribution in [3.05, 3.63) is 188 Å². The Hall–Kier alpha value is -7.50. The van der Waals surface area contributed by atoms with Crippen LogP contribution in [0.2, 0.25) is 0 Å². The van der Waals surface area contributed by atoms with E-state index in [0.29, 0.717) is 5.82 Å². The lowest BCUT2D eigenvalue weighted by Gasteiger charge is -2.26. The second-order valence-corrected chi connectivity index (χ2v) is 13.8. The lowest BCUT2D eigenvalue weighted by Crippen LogP contribution is -2.10. The van der Waals surface area contributed by atoms with Gasteiger partial charge in [-0.25, -0.2) is 9.97 Å². The molecule has 258 valence electrons. The minimum Gasteiger partial charge on any atom is -0.456 e. The molecule has 3 heterocycles. The zero-order chi connectivity index (χ0) is 36.3. The highest BCUT2D eigenvalue weighted by atomic mass is 16.3. The van der Waals surface area contributed by atoms with Crippen molar-refractivity contribution in [1.82, 2.24) is 9.97 Å². The molecule has 0 N–H and O–H groups in total. The summed E-state index contributed by atoms with van der Waals surface area (Å²) < 4.78 is 13.4. The smallest absolute Gasteiger partial charge is 0.160 e. The van der Waals surface area contributed by atoms with E-state index in [2.05, 4.69) is 132 Å². The third kappa shape index (κ3) is 5.33. The van der Waals surface area contributed by atoms with Gasteiger partial charge in [-0.2, -0.15) is 0 Å². The maximum Gasteiger partial charge on any atom is 0.160 e. The van der Waals surface area contributed by atoms with E-state index in [4.69, 9.17) is 18.8 Å². The van der Waals surface area contributed by atoms with Crippen LogP contribution in [0, 0.1) is 0 Å². The molecule has 0 amide bonds. The number of nitrogens with zero attached hydrogens (tertiary/aromatic N) is 3. The summed E-state index contributed by atoms with van der Waals surface area (Å²) in [5.74, 6) is 0.624. The number of hydrogen-bond donors (Lipinski definition) is 0. The topological polar surface area (TPSA) is 55.3 Å². The summed E-state index contributed by atoms with van der Waals surface area (Å²) in [6.07, 6.45) is 0. The fraction of sp³-hybridized carbons (Fsp3) is 0. The molecule has 0 fully saturated rings. The van der Waals surface area contributed by atoms with E-state index in [0.717, 1.165) is 99.8 Å². The van der Waals surface area contributed by atoms with E-state index < -0.39 is 0 Å². The average Bonchev–Trinajstić information content (AvgIpc) is 3.81. The number of furan rings is 2. The monoisotopic (exact) mass is 705 g/mol. The van der Waals surface area contributed by atoms with Crippen LogP contribution in [0.1, 0.15) is 0 Å². The molecule has 0 aliphatic carbocycles. The standard InChI is InChI=1S/C50H31N3O2/c1-4-14-32(15-5-1)43-31-44(33-16-6-2-7-17-33)52-50(51-43)36-27-42-41-26-34-18-10-11-19-35(34)29-47(41)55-49(42)45(28-36)53(37-20-8-3-9-21-37)38-24-25-40-39-22-12-13-23-46(39)54-48(40)30-38/h1-31H. The first kappa shape index (κ1) is 31.1. The zero-order valence-corrected chi connectivity index (χ0v) is 29.6. The third-order valence-corrected chi connectivity index (χ3v) is 10.4. The molecule has 3 aromatic heterocycles. The highest BCUT2D eigenvalue weighted by Gasteiger charge is 2.24. The number of aromatic nitrogens is 2. The Labute approximate surface area is 316 Å². The molecule has 8 aromatic carbocycles. The van der Waals surface area contributed by atoms with Gasteiger partial charge in [0.1, 0.15) is 16.7 Å². The van der Waals surface area contributed by atoms with E-state index in [1.54, 1.807) is 0 Å². The van der Waals surface area contributed by atoms with Gasteiger partial charge in [0.25, 0.3) is 0 Å². The van der Waals surface area contributed by atoms with Crippen LogP contribution in [-0.4, -0.2) is 9.97 Å². The average molecular weight is 706 g/mol. The number of rotatable bonds is 6. The number of anilines is 3. The molecule has 0 spiro atoms. The number of fused-ring (bicyclic) bond motifs is 7. The first-order chi connectivity index (χ1) is 27.2. The van der Waals surface area contributed by atoms with Crippen molar-refractivity contribution < 1.29 is 8.83 Å². The summed E-state index contributed by atoms with van der Waals surface area (Å²) >= 11 is 0. The number of hydrogen-bond acceptors (Lipinski definition) is 5. The molecular formula is C50H31N3O2. The van der Waals surface area contributed by atoms with Crippen molar-refractivity contribution in [2.24, 2.45) is 0 Å². The van der Waals surface area contributed by atoms with Crippen LogP contribution in [0.15, 0.2) is 197 Å². The van der Waals surface area contributed by atoms with Crippen molar-refractivity contribution in [1.29, 1.82) is 0 Å². The lowest BCUT2D eigenvalue weighted by molar-refractivity contribution is 0.667. The molecule has 11 aromatic rings. The molecule has 5 heteroatoms. The lowest BCUT2D eigenvalue weighted by atomic mass is 10.0. The molecule has 0 aliphatic heterocycles. The predicted molar refractivity (Wildman–Crippen MR) is 225 cm³/mol. The van der Waals surface area contributed by atoms with Crippen LogP contribution < -0.4 is 4.90 Å². The van der Waals surface area contributed by atoms with Gasteiger partial charge in [0.05, 0.1) is 22.8 Å². The third-order valence-electron chi connectivity index (χ3n) is 10.4. The molecule has 0 saturated heterocycles. The Balaban J connectivity index is 1.22. The molecule has 5 nitrogen and oxygen atoms in total. The molecule has 0 atom stereocenters. The first-order valence-corrected chi connectivity index (χ1v) is 18.4. The van der Waals surface area contributed by atoms with Crippen molar-refractivity contribution in [3.8, 4) is 33.9 Å². The summed E-state index contributed by atoms with van der Waals surface area (Å²) in [7, 11) is 0. The second-order valence-electron chi connectivity index (χ2n) is 13.8. The van der Waals surface area contributed by atoms with Crippen LogP contribution in [0.3, 0.4) is 0 Å². The summed E-state index contributed by atoms with van der Waals surface area (Å²) in [4.78, 5) is 12.8. The molecule has 11 rings (SSSR count). The quantitative estimate of drug-likeness (QED) is 0.172. The van der Waals surface area contributed by atoms with Gasteiger partial charge < -0.3 is 13.7 Å². The van der Waals surface area contributed by atoms with E-state index >= 15 is 0 Å². The predicted octanol–water partition coefficient (Wildman–Crippen LogP) is 13.9. The molecule has 0 bridgehead atoms. The number of para-hydroxylation sites is 2. The van der Waals surface area contributed by atoms with Gasteiger partial charge in [-0.1, -0.05) is 121 Å². The highest BCUT2D eigenvalue weighted by Crippen LogP contribution is 2.46. The Kier molecular flexibility index (Phi) is 7.10. The molecule has 0 unspecified atom stereocenters. The van der Waals surface area contributed by atoms with Gasteiger partial charge in [0.2, 0.25) is 0 Å². The van der Waals surface area contributed by atoms with Gasteiger partial charge >= 0.3 is 0 Å². The minimum atomic E-state index is 0.624. The summed E-state index contributed by atoms with van der Waals surface area (Å²) in [6, 6.07) is 64.8. The fourth-order valence-corrected chi connectivity index (χ4v) is 7.79. The van der Waals surface area contributed by atoms with Gasteiger partial charge in [-0.15, -0.1) is 0 Å². The summed E-state index contributed by atoms with van der Waals surface area (Å²) in [6.45, 7) is 0. The fourth-order valence-electron chi connectivity index (χ4n) is 7.79. The minimum absolute atomic E-state index is 0.624. The van der Waals surface area contributed by atoms with Gasteiger partial charge in [0.15, 0.2) is 11.4 Å². The van der Waals surface area contributed by atoms with E-state index in [1.165, 1.54) is 0 Å². The normalized spacial score (nSPS) is 11.6. The molecule has 0 radical (unpaired) electrons. The van der Waals surface area contributed by atoms with Gasteiger partial charge in [-0.3, -0.25) is 0 Å². The van der Waals surface area contributed by atoms with Crippen molar-refractivity contribution in [3.63, 3.8) is 0 Å².